The van der Waals surface area contributed by atoms with Crippen LogP contribution in [0.3, 0.4) is 0 Å². The Morgan fingerprint density at radius 3 is 2.70 bits per heavy atom. The Hall–Kier alpha value is -1.96. The van der Waals surface area contributed by atoms with E-state index in [1.165, 1.54) is 5.56 Å². The zero-order chi connectivity index (χ0) is 19.2. The van der Waals surface area contributed by atoms with E-state index in [2.05, 4.69) is 52.5 Å². The number of rotatable bonds is 6. The molecule has 1 aromatic carbocycles. The molecule has 0 saturated carbocycles. The first-order valence-electron chi connectivity index (χ1n) is 9.74. The number of piperazine rings is 1. The Morgan fingerprint density at radius 2 is 2.00 bits per heavy atom. The smallest absolute Gasteiger partial charge is 0.170 e. The maximum Gasteiger partial charge on any atom is 0.170 e. The third-order valence-electron chi connectivity index (χ3n) is 5.07. The summed E-state index contributed by atoms with van der Waals surface area (Å²) in [6.07, 6.45) is 0.901. The summed E-state index contributed by atoms with van der Waals surface area (Å²) < 4.78 is 0. The molecule has 0 unspecified atom stereocenters. The lowest BCUT2D eigenvalue weighted by molar-refractivity contribution is 0.270. The van der Waals surface area contributed by atoms with Gasteiger partial charge in [0.15, 0.2) is 5.11 Å². The van der Waals surface area contributed by atoms with Crippen molar-refractivity contribution in [3.8, 4) is 0 Å². The number of aryl methyl sites for hydroxylation is 1. The summed E-state index contributed by atoms with van der Waals surface area (Å²) in [6.45, 7) is 11.2. The molecule has 3 rings (SSSR count). The molecule has 1 saturated heterocycles. The molecule has 2 aromatic rings. The van der Waals surface area contributed by atoms with E-state index in [0.29, 0.717) is 11.7 Å². The fourth-order valence-corrected chi connectivity index (χ4v) is 3.61. The molecule has 1 aliphatic heterocycles. The van der Waals surface area contributed by atoms with Crippen LogP contribution in [0.4, 0.5) is 11.5 Å². The molecule has 7 heteroatoms. The highest BCUT2D eigenvalue weighted by atomic mass is 32.1. The molecule has 0 spiro atoms. The monoisotopic (exact) mass is 386 g/mol. The van der Waals surface area contributed by atoms with E-state index in [0.717, 1.165) is 68.1 Å². The van der Waals surface area contributed by atoms with Crippen LogP contribution in [0.2, 0.25) is 0 Å². The van der Waals surface area contributed by atoms with Crippen molar-refractivity contribution in [2.75, 3.05) is 56.0 Å². The molecule has 146 valence electrons. The molecular formula is C20H30N6S. The first-order chi connectivity index (χ1) is 13.1. The van der Waals surface area contributed by atoms with Crippen molar-refractivity contribution in [3.63, 3.8) is 0 Å². The number of fused-ring (bicyclic) bond motifs is 1. The molecule has 6 nitrogen and oxygen atoms in total. The Balaban J connectivity index is 1.72. The number of pyridine rings is 1. The quantitative estimate of drug-likeness (QED) is 0.520. The second-order valence-corrected chi connectivity index (χ2v) is 7.38. The van der Waals surface area contributed by atoms with E-state index in [1.54, 1.807) is 0 Å². The minimum atomic E-state index is 0.624. The SMILES string of the molecule is CCN1CCN(c2cc(C)c3cc(NC(=S)NCCCN)ccc3n2)CC1. The lowest BCUT2D eigenvalue weighted by Gasteiger charge is -2.35. The van der Waals surface area contributed by atoms with Crippen molar-refractivity contribution >= 4 is 39.7 Å². The average Bonchev–Trinajstić information content (AvgIpc) is 2.68. The number of benzene rings is 1. The van der Waals surface area contributed by atoms with Crippen molar-refractivity contribution < 1.29 is 0 Å². The number of hydrogen-bond donors (Lipinski definition) is 3. The van der Waals surface area contributed by atoms with Gasteiger partial charge in [-0.3, -0.25) is 0 Å². The first kappa shape index (κ1) is 19.8. The first-order valence-corrected chi connectivity index (χ1v) is 10.1. The van der Waals surface area contributed by atoms with E-state index in [1.807, 2.05) is 6.07 Å². The maximum absolute atomic E-state index is 5.51. The lowest BCUT2D eigenvalue weighted by atomic mass is 10.1. The summed E-state index contributed by atoms with van der Waals surface area (Å²) in [5, 5.41) is 8.19. The molecule has 1 aliphatic rings. The van der Waals surface area contributed by atoms with E-state index in [9.17, 15) is 0 Å². The molecular weight excluding hydrogens is 356 g/mol. The highest BCUT2D eigenvalue weighted by Crippen LogP contribution is 2.26. The number of nitrogens with two attached hydrogens (primary N) is 1. The topological polar surface area (TPSA) is 69.5 Å². The number of aromatic nitrogens is 1. The van der Waals surface area contributed by atoms with Gasteiger partial charge < -0.3 is 26.2 Å². The zero-order valence-electron chi connectivity index (χ0n) is 16.3. The number of likely N-dealkylation sites (N-methyl/N-ethyl adjacent to an activating group) is 1. The largest absolute Gasteiger partial charge is 0.362 e. The number of nitrogens with zero attached hydrogens (tertiary/aromatic N) is 3. The minimum Gasteiger partial charge on any atom is -0.362 e. The van der Waals surface area contributed by atoms with Gasteiger partial charge in [-0.15, -0.1) is 0 Å². The average molecular weight is 387 g/mol. The number of nitrogens with one attached hydrogen (secondary N) is 2. The summed E-state index contributed by atoms with van der Waals surface area (Å²) in [5.41, 5.74) is 8.74. The van der Waals surface area contributed by atoms with Gasteiger partial charge in [-0.1, -0.05) is 6.92 Å². The predicted octanol–water partition coefficient (Wildman–Crippen LogP) is 2.32. The Labute approximate surface area is 167 Å². The van der Waals surface area contributed by atoms with E-state index in [4.69, 9.17) is 22.9 Å². The maximum atomic E-state index is 5.51. The third kappa shape index (κ3) is 5.06. The van der Waals surface area contributed by atoms with Gasteiger partial charge >= 0.3 is 0 Å². The summed E-state index contributed by atoms with van der Waals surface area (Å²) in [6, 6.07) is 8.42. The van der Waals surface area contributed by atoms with Gasteiger partial charge in [0.2, 0.25) is 0 Å². The number of anilines is 2. The van der Waals surface area contributed by atoms with Crippen LogP contribution in [0.5, 0.6) is 0 Å². The van der Waals surface area contributed by atoms with Gasteiger partial charge in [-0.25, -0.2) is 4.98 Å². The third-order valence-corrected chi connectivity index (χ3v) is 5.32. The van der Waals surface area contributed by atoms with Gasteiger partial charge in [-0.05, 0) is 68.5 Å². The Bertz CT molecular complexity index is 785. The van der Waals surface area contributed by atoms with E-state index in [-0.39, 0.29) is 0 Å². The van der Waals surface area contributed by atoms with Crippen LogP contribution >= 0.6 is 12.2 Å². The second kappa shape index (κ2) is 9.30. The van der Waals surface area contributed by atoms with Gasteiger partial charge in [0.25, 0.3) is 0 Å². The summed E-state index contributed by atoms with van der Waals surface area (Å²) in [7, 11) is 0. The fraction of sp³-hybridized carbons (Fsp3) is 0.500. The van der Waals surface area contributed by atoms with Crippen molar-refractivity contribution in [1.29, 1.82) is 0 Å². The standard InChI is InChI=1S/C20H30N6S/c1-3-25-9-11-26(12-10-25)19-13-15(2)17-14-16(5-6-18(17)24-19)23-20(27)22-8-4-7-21/h5-6,13-14H,3-4,7-12,21H2,1-2H3,(H2,22,23,27). The second-order valence-electron chi connectivity index (χ2n) is 6.97. The number of hydrogen-bond acceptors (Lipinski definition) is 5. The fourth-order valence-electron chi connectivity index (χ4n) is 3.39. The predicted molar refractivity (Wildman–Crippen MR) is 119 cm³/mol. The van der Waals surface area contributed by atoms with Crippen LogP contribution in [-0.4, -0.2) is 60.8 Å². The Morgan fingerprint density at radius 1 is 1.22 bits per heavy atom. The van der Waals surface area contributed by atoms with Crippen LogP contribution in [0.25, 0.3) is 10.9 Å². The van der Waals surface area contributed by atoms with Crippen molar-refractivity contribution in [1.82, 2.24) is 15.2 Å². The van der Waals surface area contributed by atoms with Gasteiger partial charge in [0.05, 0.1) is 5.52 Å². The molecule has 0 radical (unpaired) electrons. The number of thiocarbonyl (C=S) groups is 1. The normalized spacial score (nSPS) is 15.1. The van der Waals surface area contributed by atoms with E-state index >= 15 is 0 Å². The Kier molecular flexibility index (Phi) is 6.82. The molecule has 0 aliphatic carbocycles. The minimum absolute atomic E-state index is 0.624. The van der Waals surface area contributed by atoms with Crippen molar-refractivity contribution in [3.05, 3.63) is 29.8 Å². The van der Waals surface area contributed by atoms with Crippen molar-refractivity contribution in [2.24, 2.45) is 5.73 Å². The highest BCUT2D eigenvalue weighted by molar-refractivity contribution is 7.80. The van der Waals surface area contributed by atoms with Crippen LogP contribution in [0.15, 0.2) is 24.3 Å². The summed E-state index contributed by atoms with van der Waals surface area (Å²) in [5.74, 6) is 1.08. The van der Waals surface area contributed by atoms with Crippen molar-refractivity contribution in [2.45, 2.75) is 20.3 Å². The van der Waals surface area contributed by atoms with Crippen LogP contribution < -0.4 is 21.3 Å². The van der Waals surface area contributed by atoms with Crippen LogP contribution in [0, 0.1) is 6.92 Å². The highest BCUT2D eigenvalue weighted by Gasteiger charge is 2.17. The van der Waals surface area contributed by atoms with Gasteiger partial charge in [0.1, 0.15) is 5.82 Å². The lowest BCUT2D eigenvalue weighted by Crippen LogP contribution is -2.46. The molecule has 2 heterocycles. The van der Waals surface area contributed by atoms with Gasteiger partial charge in [-0.2, -0.15) is 0 Å². The molecule has 4 N–H and O–H groups in total. The molecule has 1 aromatic heterocycles. The molecule has 1 fully saturated rings. The molecule has 27 heavy (non-hydrogen) atoms. The van der Waals surface area contributed by atoms with Crippen LogP contribution in [-0.2, 0) is 0 Å². The van der Waals surface area contributed by atoms with E-state index < -0.39 is 0 Å². The molecule has 0 amide bonds. The summed E-state index contributed by atoms with van der Waals surface area (Å²) >= 11 is 5.34. The molecule has 0 bridgehead atoms. The summed E-state index contributed by atoms with van der Waals surface area (Å²) in [4.78, 5) is 9.78. The van der Waals surface area contributed by atoms with Crippen LogP contribution in [0.1, 0.15) is 18.9 Å². The van der Waals surface area contributed by atoms with Gasteiger partial charge in [0, 0.05) is 43.8 Å². The molecule has 0 atom stereocenters. The zero-order valence-corrected chi connectivity index (χ0v) is 17.1.